The molecule has 5 aromatic rings. The second kappa shape index (κ2) is 10.2. The summed E-state index contributed by atoms with van der Waals surface area (Å²) in [5.41, 5.74) is 2.95. The van der Waals surface area contributed by atoms with Gasteiger partial charge in [0.2, 0.25) is 11.8 Å². The Hall–Kier alpha value is -5.12. The third-order valence-corrected chi connectivity index (χ3v) is 5.43. The molecule has 0 aliphatic carbocycles. The van der Waals surface area contributed by atoms with Crippen LogP contribution in [0.25, 0.3) is 16.6 Å². The van der Waals surface area contributed by atoms with E-state index in [4.69, 9.17) is 4.74 Å². The van der Waals surface area contributed by atoms with Gasteiger partial charge in [0.25, 0.3) is 0 Å². The summed E-state index contributed by atoms with van der Waals surface area (Å²) < 4.78 is 35.2. The van der Waals surface area contributed by atoms with Crippen LogP contribution in [0.2, 0.25) is 0 Å². The summed E-state index contributed by atoms with van der Waals surface area (Å²) in [6.07, 6.45) is 2.94. The van der Waals surface area contributed by atoms with E-state index >= 15 is 0 Å². The number of benzene rings is 3. The summed E-state index contributed by atoms with van der Waals surface area (Å²) in [5, 5.41) is 8.73. The van der Waals surface area contributed by atoms with Crippen molar-refractivity contribution in [2.24, 2.45) is 0 Å². The third-order valence-electron chi connectivity index (χ3n) is 5.43. The predicted octanol–water partition coefficient (Wildman–Crippen LogP) is 5.36. The van der Waals surface area contributed by atoms with Gasteiger partial charge in [-0.2, -0.15) is 10.1 Å². The fraction of sp³-hybridized carbons (Fsp3) is 0.0370. The molecule has 2 aromatic heterocycles. The van der Waals surface area contributed by atoms with Crippen molar-refractivity contribution >= 4 is 23.1 Å². The number of anilines is 1. The first kappa shape index (κ1) is 23.6. The Morgan fingerprint density at radius 2 is 1.73 bits per heavy atom. The van der Waals surface area contributed by atoms with Crippen molar-refractivity contribution in [2.75, 3.05) is 5.32 Å². The van der Waals surface area contributed by atoms with Gasteiger partial charge in [0.15, 0.2) is 11.6 Å². The number of aromatic nitrogens is 3. The number of carbonyl (C=O) groups is 2. The monoisotopic (exact) mass is 499 g/mol. The molecule has 0 aliphatic rings. The number of imide groups is 1. The molecular formula is C27H19F2N5O3. The van der Waals surface area contributed by atoms with Crippen molar-refractivity contribution in [1.29, 1.82) is 0 Å². The van der Waals surface area contributed by atoms with Crippen LogP contribution >= 0.6 is 0 Å². The molecule has 0 saturated carbocycles. The van der Waals surface area contributed by atoms with E-state index in [1.807, 2.05) is 36.4 Å². The number of ether oxygens (including phenoxy) is 1. The van der Waals surface area contributed by atoms with Crippen molar-refractivity contribution in [3.63, 3.8) is 0 Å². The molecule has 0 spiro atoms. The highest BCUT2D eigenvalue weighted by molar-refractivity contribution is 6.01. The van der Waals surface area contributed by atoms with E-state index in [0.717, 1.165) is 17.2 Å². The average molecular weight is 499 g/mol. The van der Waals surface area contributed by atoms with Gasteiger partial charge in [-0.1, -0.05) is 42.5 Å². The molecule has 0 saturated heterocycles. The number of hydrogen-bond acceptors (Lipinski definition) is 5. The minimum absolute atomic E-state index is 0.109. The molecule has 0 bridgehead atoms. The van der Waals surface area contributed by atoms with Gasteiger partial charge in [-0.25, -0.2) is 18.1 Å². The highest BCUT2D eigenvalue weighted by atomic mass is 19.1. The van der Waals surface area contributed by atoms with Crippen molar-refractivity contribution in [2.45, 2.75) is 6.42 Å². The summed E-state index contributed by atoms with van der Waals surface area (Å²) in [6, 6.07) is 19.8. The zero-order valence-electron chi connectivity index (χ0n) is 19.2. The van der Waals surface area contributed by atoms with Gasteiger partial charge in [-0.15, -0.1) is 0 Å². The summed E-state index contributed by atoms with van der Waals surface area (Å²) in [7, 11) is 0. The molecule has 0 atom stereocenters. The molecule has 0 aliphatic heterocycles. The van der Waals surface area contributed by atoms with Crippen LogP contribution in [0.3, 0.4) is 0 Å². The van der Waals surface area contributed by atoms with Crippen LogP contribution in [0, 0.1) is 11.6 Å². The molecule has 37 heavy (non-hydrogen) atoms. The number of rotatable bonds is 6. The third kappa shape index (κ3) is 5.43. The quantitative estimate of drug-likeness (QED) is 0.328. The SMILES string of the molecule is O=C(Cc1ccc(F)cc1)NC(=O)Nc1ccc(Oc2ncnn3ccc(-c4ccccc4)c23)c(F)c1. The minimum atomic E-state index is -0.835. The van der Waals surface area contributed by atoms with Crippen molar-refractivity contribution in [1.82, 2.24) is 19.9 Å². The standard InChI is InChI=1S/C27H19F2N5O3/c28-19-8-6-17(7-9-19)14-24(35)33-27(36)32-20-10-11-23(22(29)15-20)37-26-25-21(18-4-2-1-3-5-18)12-13-34(25)31-16-30-26/h1-13,15-16H,14H2,(H2,32,33,35,36). The lowest BCUT2D eigenvalue weighted by Crippen LogP contribution is -2.35. The number of amides is 3. The van der Waals surface area contributed by atoms with Gasteiger partial charge in [0, 0.05) is 23.5 Å². The van der Waals surface area contributed by atoms with Crippen LogP contribution in [0.4, 0.5) is 19.3 Å². The number of nitrogens with one attached hydrogen (secondary N) is 2. The Morgan fingerprint density at radius 1 is 0.946 bits per heavy atom. The lowest BCUT2D eigenvalue weighted by Gasteiger charge is -2.11. The van der Waals surface area contributed by atoms with E-state index < -0.39 is 23.6 Å². The average Bonchev–Trinajstić information content (AvgIpc) is 3.33. The van der Waals surface area contributed by atoms with E-state index in [0.29, 0.717) is 11.1 Å². The van der Waals surface area contributed by atoms with E-state index in [9.17, 15) is 18.4 Å². The smallest absolute Gasteiger partial charge is 0.325 e. The van der Waals surface area contributed by atoms with Crippen LogP contribution in [0.1, 0.15) is 5.56 Å². The number of urea groups is 1. The van der Waals surface area contributed by atoms with Crippen molar-refractivity contribution < 1.29 is 23.1 Å². The Bertz CT molecular complexity index is 1590. The van der Waals surface area contributed by atoms with Crippen LogP contribution < -0.4 is 15.4 Å². The van der Waals surface area contributed by atoms with Gasteiger partial charge >= 0.3 is 6.03 Å². The van der Waals surface area contributed by atoms with Crippen LogP contribution in [0.15, 0.2) is 91.4 Å². The first-order valence-corrected chi connectivity index (χ1v) is 11.2. The van der Waals surface area contributed by atoms with E-state index in [1.54, 1.807) is 10.7 Å². The summed E-state index contributed by atoms with van der Waals surface area (Å²) in [4.78, 5) is 28.4. The fourth-order valence-electron chi connectivity index (χ4n) is 3.74. The molecular weight excluding hydrogens is 480 g/mol. The molecule has 2 N–H and O–H groups in total. The largest absolute Gasteiger partial charge is 0.434 e. The molecule has 3 amide bonds. The molecule has 184 valence electrons. The Morgan fingerprint density at radius 3 is 2.49 bits per heavy atom. The van der Waals surface area contributed by atoms with Crippen LogP contribution in [0.5, 0.6) is 11.6 Å². The number of carbonyl (C=O) groups excluding carboxylic acids is 2. The van der Waals surface area contributed by atoms with E-state index in [2.05, 4.69) is 20.7 Å². The molecule has 10 heteroatoms. The zero-order chi connectivity index (χ0) is 25.8. The van der Waals surface area contributed by atoms with Crippen molar-refractivity contribution in [3.05, 3.63) is 109 Å². The first-order valence-electron chi connectivity index (χ1n) is 11.2. The summed E-state index contributed by atoms with van der Waals surface area (Å²) in [6.45, 7) is 0. The highest BCUT2D eigenvalue weighted by Crippen LogP contribution is 2.33. The molecule has 8 nitrogen and oxygen atoms in total. The number of nitrogens with zero attached hydrogens (tertiary/aromatic N) is 3. The highest BCUT2D eigenvalue weighted by Gasteiger charge is 2.16. The van der Waals surface area contributed by atoms with Crippen LogP contribution in [-0.4, -0.2) is 26.5 Å². The van der Waals surface area contributed by atoms with Gasteiger partial charge in [0.1, 0.15) is 17.7 Å². The second-order valence-corrected chi connectivity index (χ2v) is 8.01. The molecule has 3 aromatic carbocycles. The maximum absolute atomic E-state index is 14.9. The molecule has 5 rings (SSSR count). The lowest BCUT2D eigenvalue weighted by atomic mass is 10.1. The van der Waals surface area contributed by atoms with E-state index in [-0.39, 0.29) is 23.7 Å². The molecule has 2 heterocycles. The summed E-state index contributed by atoms with van der Waals surface area (Å²) >= 11 is 0. The topological polar surface area (TPSA) is 97.6 Å². The second-order valence-electron chi connectivity index (χ2n) is 8.01. The predicted molar refractivity (Wildman–Crippen MR) is 132 cm³/mol. The molecule has 0 fully saturated rings. The normalized spacial score (nSPS) is 10.8. The van der Waals surface area contributed by atoms with Crippen LogP contribution in [-0.2, 0) is 11.2 Å². The lowest BCUT2D eigenvalue weighted by molar-refractivity contribution is -0.119. The van der Waals surface area contributed by atoms with Gasteiger partial charge < -0.3 is 10.1 Å². The Kier molecular flexibility index (Phi) is 6.54. The molecule has 0 unspecified atom stereocenters. The Labute approximate surface area is 209 Å². The number of fused-ring (bicyclic) bond motifs is 1. The maximum Gasteiger partial charge on any atom is 0.325 e. The number of halogens is 2. The maximum atomic E-state index is 14.9. The Balaban J connectivity index is 1.28. The minimum Gasteiger partial charge on any atom is -0.434 e. The van der Waals surface area contributed by atoms with E-state index in [1.165, 1.54) is 42.7 Å². The fourth-order valence-corrected chi connectivity index (χ4v) is 3.74. The number of hydrogen-bond donors (Lipinski definition) is 2. The van der Waals surface area contributed by atoms with Crippen molar-refractivity contribution in [3.8, 4) is 22.8 Å². The van der Waals surface area contributed by atoms with Gasteiger partial charge in [-0.3, -0.25) is 10.1 Å². The van der Waals surface area contributed by atoms with Gasteiger partial charge in [-0.05, 0) is 41.5 Å². The van der Waals surface area contributed by atoms with Gasteiger partial charge in [0.05, 0.1) is 6.42 Å². The summed E-state index contributed by atoms with van der Waals surface area (Å²) in [5.74, 6) is -1.73. The first-order chi connectivity index (χ1) is 18.0. The zero-order valence-corrected chi connectivity index (χ0v) is 19.2. The molecule has 0 radical (unpaired) electrons.